The average Bonchev–Trinajstić information content (AvgIpc) is 2.24. The number of benzene rings is 1. The van der Waals surface area contributed by atoms with Gasteiger partial charge in [0, 0.05) is 13.1 Å². The molecule has 3 heteroatoms. The largest absolute Gasteiger partial charge is 0.492 e. The first kappa shape index (κ1) is 16.0. The Balaban J connectivity index is 2.44. The van der Waals surface area contributed by atoms with Crippen LogP contribution in [0.15, 0.2) is 18.2 Å². The molecule has 1 aromatic carbocycles. The van der Waals surface area contributed by atoms with E-state index in [1.165, 1.54) is 11.1 Å². The summed E-state index contributed by atoms with van der Waals surface area (Å²) in [5, 5.41) is 9.83. The summed E-state index contributed by atoms with van der Waals surface area (Å²) in [6.07, 6.45) is 0. The lowest BCUT2D eigenvalue weighted by Crippen LogP contribution is -2.40. The predicted molar refractivity (Wildman–Crippen MR) is 79.8 cm³/mol. The quantitative estimate of drug-likeness (QED) is 0.823. The summed E-state index contributed by atoms with van der Waals surface area (Å²) in [5.41, 5.74) is 1.79. The van der Waals surface area contributed by atoms with Gasteiger partial charge in [0.15, 0.2) is 0 Å². The number of aryl methyl sites for hydroxylation is 2. The molecule has 0 aliphatic heterocycles. The topological polar surface area (TPSA) is 32.7 Å². The third-order valence-electron chi connectivity index (χ3n) is 2.93. The second-order valence-electron chi connectivity index (χ2n) is 5.85. The molecule has 0 aromatic heterocycles. The zero-order valence-corrected chi connectivity index (χ0v) is 12.9. The maximum absolute atomic E-state index is 9.83. The minimum atomic E-state index is -0.657. The molecule has 108 valence electrons. The van der Waals surface area contributed by atoms with Crippen LogP contribution >= 0.6 is 0 Å². The van der Waals surface area contributed by atoms with Gasteiger partial charge < -0.3 is 9.84 Å². The molecule has 3 nitrogen and oxygen atoms in total. The predicted octanol–water partition coefficient (Wildman–Crippen LogP) is 2.78. The van der Waals surface area contributed by atoms with Gasteiger partial charge in [-0.1, -0.05) is 13.0 Å². The molecular formula is C16H27NO2. The summed E-state index contributed by atoms with van der Waals surface area (Å²) in [7, 11) is 0. The zero-order chi connectivity index (χ0) is 14.5. The van der Waals surface area contributed by atoms with E-state index in [2.05, 4.69) is 43.9 Å². The highest BCUT2D eigenvalue weighted by Crippen LogP contribution is 2.16. The van der Waals surface area contributed by atoms with E-state index in [1.807, 2.05) is 13.8 Å². The second-order valence-corrected chi connectivity index (χ2v) is 5.85. The molecule has 0 unspecified atom stereocenters. The van der Waals surface area contributed by atoms with Gasteiger partial charge in [-0.15, -0.1) is 0 Å². The highest BCUT2D eigenvalue weighted by atomic mass is 16.5. The number of nitrogens with zero attached hydrogens (tertiary/aromatic N) is 1. The SMILES string of the molecule is CCN(CCOc1cc(C)cc(C)c1)CC(C)(C)O. The van der Waals surface area contributed by atoms with Crippen LogP contribution in [0.4, 0.5) is 0 Å². The fourth-order valence-corrected chi connectivity index (χ4v) is 2.21. The van der Waals surface area contributed by atoms with Gasteiger partial charge in [0.2, 0.25) is 0 Å². The molecule has 1 aromatic rings. The highest BCUT2D eigenvalue weighted by molar-refractivity contribution is 5.32. The highest BCUT2D eigenvalue weighted by Gasteiger charge is 2.16. The minimum absolute atomic E-state index is 0.646. The average molecular weight is 265 g/mol. The van der Waals surface area contributed by atoms with E-state index in [0.717, 1.165) is 18.8 Å². The van der Waals surface area contributed by atoms with Gasteiger partial charge in [0.25, 0.3) is 0 Å². The van der Waals surface area contributed by atoms with Crippen molar-refractivity contribution in [1.82, 2.24) is 4.90 Å². The minimum Gasteiger partial charge on any atom is -0.492 e. The molecule has 0 spiro atoms. The Bertz CT molecular complexity index is 376. The molecule has 0 fully saturated rings. The molecule has 0 aliphatic rings. The van der Waals surface area contributed by atoms with Crippen LogP contribution in [0.25, 0.3) is 0 Å². The fourth-order valence-electron chi connectivity index (χ4n) is 2.21. The molecule has 0 amide bonds. The van der Waals surface area contributed by atoms with E-state index >= 15 is 0 Å². The van der Waals surface area contributed by atoms with E-state index in [4.69, 9.17) is 4.74 Å². The van der Waals surface area contributed by atoms with Crippen molar-refractivity contribution in [1.29, 1.82) is 0 Å². The van der Waals surface area contributed by atoms with E-state index in [-0.39, 0.29) is 0 Å². The number of likely N-dealkylation sites (N-methyl/N-ethyl adjacent to an activating group) is 1. The molecule has 1 rings (SSSR count). The summed E-state index contributed by atoms with van der Waals surface area (Å²) in [6.45, 7) is 13.0. The summed E-state index contributed by atoms with van der Waals surface area (Å²) in [6, 6.07) is 6.25. The van der Waals surface area contributed by atoms with Crippen molar-refractivity contribution in [3.05, 3.63) is 29.3 Å². The Morgan fingerprint density at radius 1 is 1.16 bits per heavy atom. The van der Waals surface area contributed by atoms with E-state index in [9.17, 15) is 5.11 Å². The van der Waals surface area contributed by atoms with Crippen LogP contribution in [-0.2, 0) is 0 Å². The molecule has 0 bridgehead atoms. The molecule has 0 aliphatic carbocycles. The summed E-state index contributed by atoms with van der Waals surface area (Å²) in [4.78, 5) is 2.20. The van der Waals surface area contributed by atoms with Crippen LogP contribution < -0.4 is 4.74 Å². The van der Waals surface area contributed by atoms with Gasteiger partial charge in [-0.25, -0.2) is 0 Å². The lowest BCUT2D eigenvalue weighted by Gasteiger charge is -2.27. The van der Waals surface area contributed by atoms with Gasteiger partial charge >= 0.3 is 0 Å². The molecule has 0 radical (unpaired) electrons. The van der Waals surface area contributed by atoms with E-state index in [0.29, 0.717) is 13.2 Å². The van der Waals surface area contributed by atoms with Crippen molar-refractivity contribution in [2.24, 2.45) is 0 Å². The second kappa shape index (κ2) is 6.92. The van der Waals surface area contributed by atoms with Crippen LogP contribution in [0, 0.1) is 13.8 Å². The van der Waals surface area contributed by atoms with Crippen molar-refractivity contribution in [3.63, 3.8) is 0 Å². The smallest absolute Gasteiger partial charge is 0.119 e. The summed E-state index contributed by atoms with van der Waals surface area (Å²) >= 11 is 0. The summed E-state index contributed by atoms with van der Waals surface area (Å²) < 4.78 is 5.79. The molecule has 19 heavy (non-hydrogen) atoms. The van der Waals surface area contributed by atoms with Gasteiger partial charge in [-0.3, -0.25) is 4.90 Å². The fraction of sp³-hybridized carbons (Fsp3) is 0.625. The molecular weight excluding hydrogens is 238 g/mol. The first-order chi connectivity index (χ1) is 8.80. The lowest BCUT2D eigenvalue weighted by molar-refractivity contribution is 0.0340. The van der Waals surface area contributed by atoms with Crippen LogP contribution in [0.1, 0.15) is 31.9 Å². The first-order valence-electron chi connectivity index (χ1n) is 6.96. The van der Waals surface area contributed by atoms with Crippen molar-refractivity contribution in [2.45, 2.75) is 40.2 Å². The molecule has 0 saturated heterocycles. The molecule has 0 atom stereocenters. The monoisotopic (exact) mass is 265 g/mol. The van der Waals surface area contributed by atoms with E-state index < -0.39 is 5.60 Å². The Morgan fingerprint density at radius 3 is 2.21 bits per heavy atom. The number of hydrogen-bond acceptors (Lipinski definition) is 3. The maximum atomic E-state index is 9.83. The first-order valence-corrected chi connectivity index (χ1v) is 6.96. The molecule has 1 N–H and O–H groups in total. The van der Waals surface area contributed by atoms with Crippen molar-refractivity contribution < 1.29 is 9.84 Å². The van der Waals surface area contributed by atoms with E-state index in [1.54, 1.807) is 0 Å². The van der Waals surface area contributed by atoms with Crippen LogP contribution in [-0.4, -0.2) is 41.8 Å². The number of rotatable bonds is 7. The number of ether oxygens (including phenoxy) is 1. The number of aliphatic hydroxyl groups is 1. The third kappa shape index (κ3) is 6.60. The zero-order valence-electron chi connectivity index (χ0n) is 12.9. The van der Waals surface area contributed by atoms with Crippen LogP contribution in [0.2, 0.25) is 0 Å². The van der Waals surface area contributed by atoms with Crippen LogP contribution in [0.5, 0.6) is 5.75 Å². The van der Waals surface area contributed by atoms with Crippen molar-refractivity contribution in [3.8, 4) is 5.75 Å². The van der Waals surface area contributed by atoms with Crippen molar-refractivity contribution in [2.75, 3.05) is 26.2 Å². The third-order valence-corrected chi connectivity index (χ3v) is 2.93. The molecule has 0 saturated carbocycles. The van der Waals surface area contributed by atoms with Gasteiger partial charge in [0.05, 0.1) is 5.60 Å². The Kier molecular flexibility index (Phi) is 5.83. The normalized spacial score (nSPS) is 11.9. The number of hydrogen-bond donors (Lipinski definition) is 1. The standard InChI is InChI=1S/C16H27NO2/c1-6-17(12-16(4,5)18)7-8-19-15-10-13(2)9-14(3)11-15/h9-11,18H,6-8,12H2,1-5H3. The maximum Gasteiger partial charge on any atom is 0.119 e. The lowest BCUT2D eigenvalue weighted by atomic mass is 10.1. The van der Waals surface area contributed by atoms with Gasteiger partial charge in [-0.05, 0) is 57.5 Å². The van der Waals surface area contributed by atoms with Crippen LogP contribution in [0.3, 0.4) is 0 Å². The van der Waals surface area contributed by atoms with Gasteiger partial charge in [0.1, 0.15) is 12.4 Å². The van der Waals surface area contributed by atoms with Gasteiger partial charge in [-0.2, -0.15) is 0 Å². The van der Waals surface area contributed by atoms with Crippen molar-refractivity contribution >= 4 is 0 Å². The Labute approximate surface area is 117 Å². The molecule has 0 heterocycles. The Morgan fingerprint density at radius 2 is 1.74 bits per heavy atom. The Hall–Kier alpha value is -1.06. The summed E-state index contributed by atoms with van der Waals surface area (Å²) in [5.74, 6) is 0.928.